The van der Waals surface area contributed by atoms with Crippen LogP contribution in [0, 0.1) is 6.92 Å². The third-order valence-corrected chi connectivity index (χ3v) is 4.90. The van der Waals surface area contributed by atoms with E-state index < -0.39 is 0 Å². The van der Waals surface area contributed by atoms with Gasteiger partial charge in [0, 0.05) is 17.0 Å². The van der Waals surface area contributed by atoms with Crippen LogP contribution in [0.1, 0.15) is 31.9 Å². The monoisotopic (exact) mass is 276 g/mol. The van der Waals surface area contributed by atoms with Crippen molar-refractivity contribution in [2.45, 2.75) is 44.4 Å². The van der Waals surface area contributed by atoms with E-state index in [1.54, 1.807) is 0 Å². The van der Waals surface area contributed by atoms with Crippen LogP contribution < -0.4 is 5.32 Å². The minimum atomic E-state index is 0.529. The summed E-state index contributed by atoms with van der Waals surface area (Å²) in [5.41, 5.74) is 2.03. The number of pyridine rings is 1. The van der Waals surface area contributed by atoms with Gasteiger partial charge >= 0.3 is 0 Å². The molecule has 2 atom stereocenters. The highest BCUT2D eigenvalue weighted by atomic mass is 32.2. The average molecular weight is 276 g/mol. The summed E-state index contributed by atoms with van der Waals surface area (Å²) in [5.74, 6) is 1.98. The fourth-order valence-electron chi connectivity index (χ4n) is 2.74. The van der Waals surface area contributed by atoms with Crippen molar-refractivity contribution in [3.63, 3.8) is 0 Å². The number of hydrogen-bond donors (Lipinski definition) is 1. The summed E-state index contributed by atoms with van der Waals surface area (Å²) in [6.07, 6.45) is 3.77. The van der Waals surface area contributed by atoms with Gasteiger partial charge < -0.3 is 5.32 Å². The molecule has 2 aromatic heterocycles. The molecule has 0 amide bonds. The number of rotatable bonds is 4. The first kappa shape index (κ1) is 12.8. The summed E-state index contributed by atoms with van der Waals surface area (Å²) in [7, 11) is 0. The zero-order chi connectivity index (χ0) is 13.2. The molecule has 2 heterocycles. The lowest BCUT2D eigenvalue weighted by Crippen LogP contribution is -2.17. The summed E-state index contributed by atoms with van der Waals surface area (Å²) in [6.45, 7) is 4.28. The molecule has 1 N–H and O–H groups in total. The molecule has 3 rings (SSSR count). The number of thioether (sulfide) groups is 1. The quantitative estimate of drug-likeness (QED) is 0.931. The van der Waals surface area contributed by atoms with Crippen LogP contribution in [0.2, 0.25) is 0 Å². The predicted molar refractivity (Wildman–Crippen MR) is 80.9 cm³/mol. The minimum Gasteiger partial charge on any atom is -0.350 e. The van der Waals surface area contributed by atoms with Crippen LogP contribution >= 0.6 is 11.8 Å². The molecule has 5 heteroatoms. The highest BCUT2D eigenvalue weighted by molar-refractivity contribution is 7.99. The first-order chi connectivity index (χ1) is 9.26. The fraction of sp³-hybridized carbons (Fsp3) is 0.571. The Morgan fingerprint density at radius 2 is 2.32 bits per heavy atom. The fourth-order valence-corrected chi connectivity index (χ4v) is 3.88. The smallest absolute Gasteiger partial charge is 0.243 e. The predicted octanol–water partition coefficient (Wildman–Crippen LogP) is 3.12. The lowest BCUT2D eigenvalue weighted by molar-refractivity contribution is 0.743. The van der Waals surface area contributed by atoms with Crippen molar-refractivity contribution >= 4 is 23.4 Å². The van der Waals surface area contributed by atoms with Crippen LogP contribution in [0.25, 0.3) is 5.65 Å². The minimum absolute atomic E-state index is 0.529. The van der Waals surface area contributed by atoms with Gasteiger partial charge in [-0.1, -0.05) is 13.0 Å². The van der Waals surface area contributed by atoms with Gasteiger partial charge in [0.25, 0.3) is 0 Å². The van der Waals surface area contributed by atoms with Crippen LogP contribution in [0.5, 0.6) is 0 Å². The largest absolute Gasteiger partial charge is 0.350 e. The number of nitrogens with one attached hydrogen (secondary N) is 1. The maximum atomic E-state index is 4.54. The summed E-state index contributed by atoms with van der Waals surface area (Å²) in [5, 5.41) is 8.83. The van der Waals surface area contributed by atoms with Crippen molar-refractivity contribution < 1.29 is 0 Å². The molecule has 0 bridgehead atoms. The molecule has 0 saturated heterocycles. The normalized spacial score (nSPS) is 23.1. The Kier molecular flexibility index (Phi) is 3.64. The molecule has 0 aromatic carbocycles. The highest BCUT2D eigenvalue weighted by Crippen LogP contribution is 2.31. The number of aryl methyl sites for hydroxylation is 1. The highest BCUT2D eigenvalue weighted by Gasteiger charge is 2.25. The van der Waals surface area contributed by atoms with Gasteiger partial charge in [-0.3, -0.25) is 0 Å². The Hall–Kier alpha value is -1.23. The zero-order valence-corrected chi connectivity index (χ0v) is 12.3. The van der Waals surface area contributed by atoms with Gasteiger partial charge in [-0.2, -0.15) is 16.7 Å². The van der Waals surface area contributed by atoms with Crippen molar-refractivity contribution in [3.8, 4) is 0 Å². The topological polar surface area (TPSA) is 42.2 Å². The van der Waals surface area contributed by atoms with Crippen molar-refractivity contribution in [2.75, 3.05) is 11.1 Å². The molecule has 0 radical (unpaired) electrons. The molecular formula is C14H20N4S. The summed E-state index contributed by atoms with van der Waals surface area (Å²) < 4.78 is 1.90. The second kappa shape index (κ2) is 5.41. The van der Waals surface area contributed by atoms with Crippen LogP contribution in [0.4, 0.5) is 5.95 Å². The Bertz CT molecular complexity index is 566. The molecule has 102 valence electrons. The van der Waals surface area contributed by atoms with E-state index in [2.05, 4.69) is 47.1 Å². The summed E-state index contributed by atoms with van der Waals surface area (Å²) in [4.78, 5) is 4.54. The van der Waals surface area contributed by atoms with E-state index in [9.17, 15) is 0 Å². The Morgan fingerprint density at radius 3 is 3.11 bits per heavy atom. The number of anilines is 1. The molecule has 1 saturated carbocycles. The lowest BCUT2D eigenvalue weighted by Gasteiger charge is -2.10. The standard InChI is InChI=1S/C14H20N4S/c1-3-19-12-8-7-11(9-12)15-14-16-13-6-4-5-10(2)18(13)17-14/h4-6,11-12H,3,7-9H2,1-2H3,(H,15,17). The van der Waals surface area contributed by atoms with Gasteiger partial charge in [0.1, 0.15) is 0 Å². The van der Waals surface area contributed by atoms with Gasteiger partial charge in [-0.05, 0) is 44.1 Å². The molecular weight excluding hydrogens is 256 g/mol. The van der Waals surface area contributed by atoms with E-state index in [0.29, 0.717) is 6.04 Å². The Balaban J connectivity index is 1.70. The number of aromatic nitrogens is 3. The van der Waals surface area contributed by atoms with Gasteiger partial charge in [-0.15, -0.1) is 5.10 Å². The van der Waals surface area contributed by atoms with Crippen LogP contribution in [0.15, 0.2) is 18.2 Å². The number of nitrogens with zero attached hydrogens (tertiary/aromatic N) is 3. The maximum Gasteiger partial charge on any atom is 0.243 e. The molecule has 4 nitrogen and oxygen atoms in total. The van der Waals surface area contributed by atoms with E-state index in [4.69, 9.17) is 0 Å². The maximum absolute atomic E-state index is 4.54. The van der Waals surface area contributed by atoms with E-state index in [-0.39, 0.29) is 0 Å². The van der Waals surface area contributed by atoms with Crippen LogP contribution in [-0.4, -0.2) is 31.6 Å². The van der Waals surface area contributed by atoms with Crippen molar-refractivity contribution in [1.82, 2.24) is 14.6 Å². The van der Waals surface area contributed by atoms with E-state index in [1.165, 1.54) is 25.0 Å². The van der Waals surface area contributed by atoms with Crippen molar-refractivity contribution in [2.24, 2.45) is 0 Å². The third kappa shape index (κ3) is 2.71. The first-order valence-electron chi connectivity index (χ1n) is 6.97. The van der Waals surface area contributed by atoms with Crippen molar-refractivity contribution in [3.05, 3.63) is 23.9 Å². The van der Waals surface area contributed by atoms with Crippen molar-refractivity contribution in [1.29, 1.82) is 0 Å². The SMILES string of the molecule is CCSC1CCC(Nc2nc3cccc(C)n3n2)C1. The van der Waals surface area contributed by atoms with E-state index >= 15 is 0 Å². The van der Waals surface area contributed by atoms with Gasteiger partial charge in [0.05, 0.1) is 0 Å². The molecule has 19 heavy (non-hydrogen) atoms. The second-order valence-corrected chi connectivity index (χ2v) is 6.68. The van der Waals surface area contributed by atoms with E-state index in [1.807, 2.05) is 16.6 Å². The molecule has 1 aliphatic carbocycles. The molecule has 0 spiro atoms. The molecule has 1 fully saturated rings. The summed E-state index contributed by atoms with van der Waals surface area (Å²) in [6, 6.07) is 6.60. The lowest BCUT2D eigenvalue weighted by atomic mass is 10.2. The molecule has 1 aliphatic rings. The van der Waals surface area contributed by atoms with Gasteiger partial charge in [0.15, 0.2) is 5.65 Å². The Labute approximate surface area is 118 Å². The van der Waals surface area contributed by atoms with Crippen LogP contribution in [-0.2, 0) is 0 Å². The molecule has 2 unspecified atom stereocenters. The molecule has 0 aliphatic heterocycles. The average Bonchev–Trinajstić information content (AvgIpc) is 2.98. The van der Waals surface area contributed by atoms with Gasteiger partial charge in [-0.25, -0.2) is 4.52 Å². The number of fused-ring (bicyclic) bond motifs is 1. The number of hydrogen-bond acceptors (Lipinski definition) is 4. The first-order valence-corrected chi connectivity index (χ1v) is 8.01. The zero-order valence-electron chi connectivity index (χ0n) is 11.5. The Morgan fingerprint density at radius 1 is 1.42 bits per heavy atom. The summed E-state index contributed by atoms with van der Waals surface area (Å²) >= 11 is 2.07. The molecule has 2 aromatic rings. The third-order valence-electron chi connectivity index (χ3n) is 3.67. The van der Waals surface area contributed by atoms with E-state index in [0.717, 1.165) is 22.5 Å². The second-order valence-electron chi connectivity index (χ2n) is 5.10. The van der Waals surface area contributed by atoms with Crippen LogP contribution in [0.3, 0.4) is 0 Å². The van der Waals surface area contributed by atoms with Gasteiger partial charge in [0.2, 0.25) is 5.95 Å².